The topological polar surface area (TPSA) is 41.1 Å². The summed E-state index contributed by atoms with van der Waals surface area (Å²) in [5.41, 5.74) is 0.797. The van der Waals surface area contributed by atoms with E-state index in [1.165, 1.54) is 19.3 Å². The van der Waals surface area contributed by atoms with Crippen LogP contribution in [0.1, 0.15) is 32.6 Å². The Bertz CT molecular complexity index is 479. The first-order chi connectivity index (χ1) is 9.56. The van der Waals surface area contributed by atoms with Crippen molar-refractivity contribution in [3.05, 3.63) is 28.2 Å². The SMILES string of the molecule is CC1CCCCC1NC(=O)CNc1ccc(Cl)c(Cl)c1. The van der Waals surface area contributed by atoms with Crippen molar-refractivity contribution in [3.8, 4) is 0 Å². The van der Waals surface area contributed by atoms with Crippen LogP contribution in [-0.4, -0.2) is 18.5 Å². The molecule has 3 nitrogen and oxygen atoms in total. The molecule has 2 rings (SSSR count). The fourth-order valence-corrected chi connectivity index (χ4v) is 2.88. The Kier molecular flexibility index (Phi) is 5.55. The number of nitrogens with one attached hydrogen (secondary N) is 2. The Balaban J connectivity index is 1.81. The van der Waals surface area contributed by atoms with Gasteiger partial charge in [-0.15, -0.1) is 0 Å². The Morgan fingerprint density at radius 2 is 2.00 bits per heavy atom. The molecule has 0 aromatic heterocycles. The van der Waals surface area contributed by atoms with Gasteiger partial charge in [-0.2, -0.15) is 0 Å². The Labute approximate surface area is 130 Å². The molecule has 20 heavy (non-hydrogen) atoms. The molecule has 0 spiro atoms. The van der Waals surface area contributed by atoms with E-state index in [0.717, 1.165) is 12.1 Å². The highest BCUT2D eigenvalue weighted by Crippen LogP contribution is 2.25. The number of halogens is 2. The maximum atomic E-state index is 11.9. The molecule has 2 N–H and O–H groups in total. The Hall–Kier alpha value is -0.930. The van der Waals surface area contributed by atoms with E-state index in [-0.39, 0.29) is 12.5 Å². The number of hydrogen-bond acceptors (Lipinski definition) is 2. The van der Waals surface area contributed by atoms with Crippen molar-refractivity contribution < 1.29 is 4.79 Å². The number of hydrogen-bond donors (Lipinski definition) is 2. The standard InChI is InChI=1S/C15H20Cl2N2O/c1-10-4-2-3-5-14(10)19-15(20)9-18-11-6-7-12(16)13(17)8-11/h6-8,10,14,18H,2-5,9H2,1H3,(H,19,20). The summed E-state index contributed by atoms with van der Waals surface area (Å²) in [4.78, 5) is 11.9. The third kappa shape index (κ3) is 4.29. The molecular formula is C15H20Cl2N2O. The van der Waals surface area contributed by atoms with Crippen LogP contribution in [0.15, 0.2) is 18.2 Å². The maximum Gasteiger partial charge on any atom is 0.239 e. The zero-order valence-corrected chi connectivity index (χ0v) is 13.1. The molecule has 0 saturated heterocycles. The molecule has 0 aliphatic heterocycles. The smallest absolute Gasteiger partial charge is 0.239 e. The third-order valence-electron chi connectivity index (χ3n) is 3.83. The van der Waals surface area contributed by atoms with Gasteiger partial charge in [0, 0.05) is 11.7 Å². The highest BCUT2D eigenvalue weighted by Gasteiger charge is 2.22. The van der Waals surface area contributed by atoms with Gasteiger partial charge < -0.3 is 10.6 Å². The van der Waals surface area contributed by atoms with Gasteiger partial charge in [0.15, 0.2) is 0 Å². The molecule has 1 amide bonds. The zero-order chi connectivity index (χ0) is 14.5. The number of anilines is 1. The number of rotatable bonds is 4. The van der Waals surface area contributed by atoms with Crippen molar-refractivity contribution in [1.82, 2.24) is 5.32 Å². The largest absolute Gasteiger partial charge is 0.376 e. The van der Waals surface area contributed by atoms with Crippen LogP contribution in [0.3, 0.4) is 0 Å². The van der Waals surface area contributed by atoms with Crippen LogP contribution in [-0.2, 0) is 4.79 Å². The minimum absolute atomic E-state index is 0.0230. The minimum atomic E-state index is 0.0230. The first kappa shape index (κ1) is 15.5. The maximum absolute atomic E-state index is 11.9. The Morgan fingerprint density at radius 3 is 2.70 bits per heavy atom. The second-order valence-electron chi connectivity index (χ2n) is 5.42. The van der Waals surface area contributed by atoms with Gasteiger partial charge in [0.25, 0.3) is 0 Å². The van der Waals surface area contributed by atoms with E-state index in [2.05, 4.69) is 17.6 Å². The molecule has 0 heterocycles. The van der Waals surface area contributed by atoms with Crippen LogP contribution in [0, 0.1) is 5.92 Å². The molecule has 1 saturated carbocycles. The summed E-state index contributed by atoms with van der Waals surface area (Å²) >= 11 is 11.8. The van der Waals surface area contributed by atoms with E-state index in [0.29, 0.717) is 22.0 Å². The number of benzene rings is 1. The van der Waals surface area contributed by atoms with Crippen molar-refractivity contribution in [1.29, 1.82) is 0 Å². The lowest BCUT2D eigenvalue weighted by Crippen LogP contribution is -2.43. The predicted molar refractivity (Wildman–Crippen MR) is 84.5 cm³/mol. The summed E-state index contributed by atoms with van der Waals surface area (Å²) in [6, 6.07) is 5.56. The van der Waals surface area contributed by atoms with Crippen LogP contribution >= 0.6 is 23.2 Å². The fourth-order valence-electron chi connectivity index (χ4n) is 2.58. The highest BCUT2D eigenvalue weighted by atomic mass is 35.5. The monoisotopic (exact) mass is 314 g/mol. The molecule has 1 aromatic rings. The summed E-state index contributed by atoms with van der Waals surface area (Å²) in [5, 5.41) is 7.16. The number of amides is 1. The van der Waals surface area contributed by atoms with Crippen LogP contribution in [0.25, 0.3) is 0 Å². The average molecular weight is 315 g/mol. The lowest BCUT2D eigenvalue weighted by Gasteiger charge is -2.29. The van der Waals surface area contributed by atoms with E-state index in [1.807, 2.05) is 6.07 Å². The first-order valence-corrected chi connectivity index (χ1v) is 7.80. The van der Waals surface area contributed by atoms with Crippen molar-refractivity contribution in [2.45, 2.75) is 38.6 Å². The van der Waals surface area contributed by atoms with Crippen LogP contribution in [0.5, 0.6) is 0 Å². The predicted octanol–water partition coefficient (Wildman–Crippen LogP) is 4.10. The van der Waals surface area contributed by atoms with Gasteiger partial charge in [0.2, 0.25) is 5.91 Å². The van der Waals surface area contributed by atoms with Gasteiger partial charge in [-0.1, -0.05) is 43.0 Å². The molecule has 5 heteroatoms. The van der Waals surface area contributed by atoms with E-state index in [4.69, 9.17) is 23.2 Å². The molecule has 2 atom stereocenters. The summed E-state index contributed by atoms with van der Waals surface area (Å²) in [6.45, 7) is 2.46. The number of carbonyl (C=O) groups is 1. The molecule has 2 unspecified atom stereocenters. The summed E-state index contributed by atoms with van der Waals surface area (Å²) < 4.78 is 0. The van der Waals surface area contributed by atoms with E-state index < -0.39 is 0 Å². The van der Waals surface area contributed by atoms with E-state index in [1.54, 1.807) is 12.1 Å². The average Bonchev–Trinajstić information content (AvgIpc) is 2.43. The first-order valence-electron chi connectivity index (χ1n) is 7.04. The van der Waals surface area contributed by atoms with Crippen molar-refractivity contribution in [3.63, 3.8) is 0 Å². The van der Waals surface area contributed by atoms with Gasteiger partial charge in [-0.05, 0) is 37.0 Å². The molecule has 1 fully saturated rings. The lowest BCUT2D eigenvalue weighted by molar-refractivity contribution is -0.120. The van der Waals surface area contributed by atoms with E-state index >= 15 is 0 Å². The van der Waals surface area contributed by atoms with Crippen molar-refractivity contribution >= 4 is 34.8 Å². The normalized spacial score (nSPS) is 22.4. The van der Waals surface area contributed by atoms with Crippen LogP contribution in [0.4, 0.5) is 5.69 Å². The van der Waals surface area contributed by atoms with Gasteiger partial charge >= 0.3 is 0 Å². The Morgan fingerprint density at radius 1 is 1.25 bits per heavy atom. The minimum Gasteiger partial charge on any atom is -0.376 e. The number of carbonyl (C=O) groups excluding carboxylic acids is 1. The lowest BCUT2D eigenvalue weighted by atomic mass is 9.86. The van der Waals surface area contributed by atoms with Crippen molar-refractivity contribution in [2.75, 3.05) is 11.9 Å². The van der Waals surface area contributed by atoms with Gasteiger partial charge in [0.05, 0.1) is 16.6 Å². The van der Waals surface area contributed by atoms with Gasteiger partial charge in [-0.25, -0.2) is 0 Å². The molecule has 0 radical (unpaired) electrons. The second kappa shape index (κ2) is 7.19. The molecule has 1 aliphatic rings. The molecule has 110 valence electrons. The molecule has 1 aliphatic carbocycles. The quantitative estimate of drug-likeness (QED) is 0.878. The summed E-state index contributed by atoms with van der Waals surface area (Å²) in [5.74, 6) is 0.590. The molecular weight excluding hydrogens is 295 g/mol. The highest BCUT2D eigenvalue weighted by molar-refractivity contribution is 6.42. The van der Waals surface area contributed by atoms with Gasteiger partial charge in [0.1, 0.15) is 0 Å². The van der Waals surface area contributed by atoms with Gasteiger partial charge in [-0.3, -0.25) is 4.79 Å². The molecule has 0 bridgehead atoms. The van der Waals surface area contributed by atoms with Crippen molar-refractivity contribution in [2.24, 2.45) is 5.92 Å². The third-order valence-corrected chi connectivity index (χ3v) is 4.57. The zero-order valence-electron chi connectivity index (χ0n) is 11.6. The fraction of sp³-hybridized carbons (Fsp3) is 0.533. The summed E-state index contributed by atoms with van der Waals surface area (Å²) in [7, 11) is 0. The second-order valence-corrected chi connectivity index (χ2v) is 6.23. The van der Waals surface area contributed by atoms with Crippen LogP contribution in [0.2, 0.25) is 10.0 Å². The van der Waals surface area contributed by atoms with Crippen LogP contribution < -0.4 is 10.6 Å². The molecule has 1 aromatic carbocycles. The van der Waals surface area contributed by atoms with E-state index in [9.17, 15) is 4.79 Å². The summed E-state index contributed by atoms with van der Waals surface area (Å²) in [6.07, 6.45) is 4.76.